The number of fused-ring (bicyclic) bond motifs is 1. The highest BCUT2D eigenvalue weighted by Crippen LogP contribution is 2.29. The smallest absolute Gasteiger partial charge is 0.349 e. The Bertz CT molecular complexity index is 1260. The Kier molecular flexibility index (Phi) is 8.45. The molecule has 0 fully saturated rings. The lowest BCUT2D eigenvalue weighted by Gasteiger charge is -2.11. The predicted octanol–water partition coefficient (Wildman–Crippen LogP) is 4.48. The average molecular weight is 466 g/mol. The summed E-state index contributed by atoms with van der Waals surface area (Å²) in [4.78, 5) is 35.4. The molecule has 0 aliphatic heterocycles. The molecule has 0 aliphatic carbocycles. The Balaban J connectivity index is 1.65. The number of nitrogens with two attached hydrogens (primary N) is 1. The normalized spacial score (nSPS) is 11.0. The summed E-state index contributed by atoms with van der Waals surface area (Å²) in [5.74, 6) is -0.0894. The van der Waals surface area contributed by atoms with Crippen LogP contribution in [-0.2, 0) is 4.79 Å². The van der Waals surface area contributed by atoms with E-state index >= 15 is 0 Å². The highest BCUT2D eigenvalue weighted by Gasteiger charge is 2.12. The van der Waals surface area contributed by atoms with Gasteiger partial charge in [-0.1, -0.05) is 32.3 Å². The van der Waals surface area contributed by atoms with Crippen molar-refractivity contribution < 1.29 is 28.2 Å². The van der Waals surface area contributed by atoms with Crippen LogP contribution in [0.3, 0.4) is 0 Å². The number of hydrogen-bond acceptors (Lipinski definition) is 7. The molecule has 8 nitrogen and oxygen atoms in total. The van der Waals surface area contributed by atoms with Crippen molar-refractivity contribution in [1.82, 2.24) is 0 Å². The van der Waals surface area contributed by atoms with Gasteiger partial charge in [-0.25, -0.2) is 9.59 Å². The molecule has 34 heavy (non-hydrogen) atoms. The fraction of sp³-hybridized carbons (Fsp3) is 0.269. The standard InChI is InChI=1S/C26H27NO7/c1-3-4-5-6-13-32-21-11-7-17(14-23(21)31-2)8-12-24(28)33-19-10-9-18-15-20(25(27)29)26(30)34-22(18)16-19/h7-12,14-16H,3-6,13H2,1-2H3,(H2,27,29)/b12-8+. The number of carbonyl (C=O) groups is 2. The minimum absolute atomic E-state index is 0.166. The number of esters is 1. The molecule has 0 unspecified atom stereocenters. The van der Waals surface area contributed by atoms with E-state index in [4.69, 9.17) is 24.4 Å². The summed E-state index contributed by atoms with van der Waals surface area (Å²) >= 11 is 0. The maximum atomic E-state index is 12.3. The molecule has 0 spiro atoms. The largest absolute Gasteiger partial charge is 0.493 e. The molecule has 1 heterocycles. The van der Waals surface area contributed by atoms with E-state index in [9.17, 15) is 14.4 Å². The number of unbranched alkanes of at least 4 members (excludes halogenated alkanes) is 3. The van der Waals surface area contributed by atoms with Crippen LogP contribution in [0, 0.1) is 0 Å². The summed E-state index contributed by atoms with van der Waals surface area (Å²) in [6, 6.07) is 11.2. The van der Waals surface area contributed by atoms with Crippen LogP contribution in [0.4, 0.5) is 0 Å². The van der Waals surface area contributed by atoms with Crippen LogP contribution < -0.4 is 25.6 Å². The summed E-state index contributed by atoms with van der Waals surface area (Å²) in [7, 11) is 1.56. The molecule has 1 amide bonds. The zero-order chi connectivity index (χ0) is 24.5. The number of carbonyl (C=O) groups excluding carboxylic acids is 2. The fourth-order valence-corrected chi connectivity index (χ4v) is 3.26. The molecule has 3 aromatic rings. The lowest BCUT2D eigenvalue weighted by atomic mass is 10.1. The molecule has 8 heteroatoms. The molecular formula is C26H27NO7. The summed E-state index contributed by atoms with van der Waals surface area (Å²) < 4.78 is 21.6. The van der Waals surface area contributed by atoms with Crippen LogP contribution in [0.25, 0.3) is 17.0 Å². The number of methoxy groups -OCH3 is 1. The first kappa shape index (κ1) is 24.6. The van der Waals surface area contributed by atoms with E-state index in [1.807, 2.05) is 6.07 Å². The zero-order valence-corrected chi connectivity index (χ0v) is 19.2. The van der Waals surface area contributed by atoms with E-state index in [1.165, 1.54) is 37.1 Å². The minimum atomic E-state index is -0.875. The molecule has 2 N–H and O–H groups in total. The second kappa shape index (κ2) is 11.7. The molecule has 0 radical (unpaired) electrons. The second-order valence-corrected chi connectivity index (χ2v) is 7.59. The van der Waals surface area contributed by atoms with Gasteiger partial charge in [-0.2, -0.15) is 0 Å². The van der Waals surface area contributed by atoms with Gasteiger partial charge in [0.2, 0.25) is 0 Å². The van der Waals surface area contributed by atoms with E-state index in [0.29, 0.717) is 23.5 Å². The van der Waals surface area contributed by atoms with Crippen molar-refractivity contribution >= 4 is 28.9 Å². The van der Waals surface area contributed by atoms with Gasteiger partial charge >= 0.3 is 11.6 Å². The second-order valence-electron chi connectivity index (χ2n) is 7.59. The summed E-state index contributed by atoms with van der Waals surface area (Å²) in [6.45, 7) is 2.78. The van der Waals surface area contributed by atoms with Gasteiger partial charge in [0.15, 0.2) is 11.5 Å². The summed E-state index contributed by atoms with van der Waals surface area (Å²) in [6.07, 6.45) is 7.33. The molecule has 0 saturated carbocycles. The Morgan fingerprint density at radius 2 is 1.85 bits per heavy atom. The molecule has 0 saturated heterocycles. The Morgan fingerprint density at radius 3 is 2.59 bits per heavy atom. The van der Waals surface area contributed by atoms with Crippen LogP contribution in [0.1, 0.15) is 48.5 Å². The third-order valence-corrected chi connectivity index (χ3v) is 5.05. The van der Waals surface area contributed by atoms with Crippen LogP contribution >= 0.6 is 0 Å². The van der Waals surface area contributed by atoms with Crippen molar-refractivity contribution in [2.24, 2.45) is 5.73 Å². The van der Waals surface area contributed by atoms with Crippen molar-refractivity contribution in [3.8, 4) is 17.2 Å². The van der Waals surface area contributed by atoms with Crippen molar-refractivity contribution in [3.05, 3.63) is 70.1 Å². The van der Waals surface area contributed by atoms with Gasteiger partial charge in [0, 0.05) is 17.5 Å². The van der Waals surface area contributed by atoms with Gasteiger partial charge in [-0.05, 0) is 48.4 Å². The quantitative estimate of drug-likeness (QED) is 0.146. The monoisotopic (exact) mass is 465 g/mol. The highest BCUT2D eigenvalue weighted by molar-refractivity contribution is 5.95. The van der Waals surface area contributed by atoms with Crippen LogP contribution in [0.2, 0.25) is 0 Å². The first-order chi connectivity index (χ1) is 16.4. The van der Waals surface area contributed by atoms with Crippen molar-refractivity contribution in [2.75, 3.05) is 13.7 Å². The lowest BCUT2D eigenvalue weighted by Crippen LogP contribution is -2.20. The molecule has 178 valence electrons. The first-order valence-corrected chi connectivity index (χ1v) is 11.0. The third-order valence-electron chi connectivity index (χ3n) is 5.05. The molecule has 1 aromatic heterocycles. The van der Waals surface area contributed by atoms with Crippen molar-refractivity contribution in [2.45, 2.75) is 32.6 Å². The number of amides is 1. The first-order valence-electron chi connectivity index (χ1n) is 11.0. The molecular weight excluding hydrogens is 438 g/mol. The lowest BCUT2D eigenvalue weighted by molar-refractivity contribution is -0.128. The number of hydrogen-bond donors (Lipinski definition) is 1. The van der Waals surface area contributed by atoms with Gasteiger partial charge in [0.05, 0.1) is 13.7 Å². The van der Waals surface area contributed by atoms with Crippen LogP contribution in [0.15, 0.2) is 57.8 Å². The number of rotatable bonds is 11. The minimum Gasteiger partial charge on any atom is -0.493 e. The van der Waals surface area contributed by atoms with Crippen LogP contribution in [-0.4, -0.2) is 25.6 Å². The third kappa shape index (κ3) is 6.48. The van der Waals surface area contributed by atoms with Gasteiger partial charge in [-0.15, -0.1) is 0 Å². The van der Waals surface area contributed by atoms with E-state index < -0.39 is 17.5 Å². The SMILES string of the molecule is CCCCCCOc1ccc(/C=C/C(=O)Oc2ccc3cc(C(N)=O)c(=O)oc3c2)cc1OC. The van der Waals surface area contributed by atoms with Gasteiger partial charge in [0.1, 0.15) is 16.9 Å². The zero-order valence-electron chi connectivity index (χ0n) is 19.2. The van der Waals surface area contributed by atoms with Crippen molar-refractivity contribution in [1.29, 1.82) is 0 Å². The van der Waals surface area contributed by atoms with E-state index in [-0.39, 0.29) is 16.9 Å². The Morgan fingerprint density at radius 1 is 1.03 bits per heavy atom. The number of ether oxygens (including phenoxy) is 3. The predicted molar refractivity (Wildman–Crippen MR) is 128 cm³/mol. The fourth-order valence-electron chi connectivity index (χ4n) is 3.26. The topological polar surface area (TPSA) is 118 Å². The van der Waals surface area contributed by atoms with Gasteiger partial charge in [0.25, 0.3) is 5.91 Å². The molecule has 0 bridgehead atoms. The molecule has 2 aromatic carbocycles. The van der Waals surface area contributed by atoms with Gasteiger partial charge < -0.3 is 24.4 Å². The molecule has 3 rings (SSSR count). The highest BCUT2D eigenvalue weighted by atomic mass is 16.5. The van der Waals surface area contributed by atoms with Crippen molar-refractivity contribution in [3.63, 3.8) is 0 Å². The van der Waals surface area contributed by atoms with E-state index in [0.717, 1.165) is 18.4 Å². The van der Waals surface area contributed by atoms with E-state index in [2.05, 4.69) is 6.92 Å². The maximum absolute atomic E-state index is 12.3. The maximum Gasteiger partial charge on any atom is 0.349 e. The Hall–Kier alpha value is -4.07. The summed E-state index contributed by atoms with van der Waals surface area (Å²) in [5, 5.41) is 0.475. The van der Waals surface area contributed by atoms with Gasteiger partial charge in [-0.3, -0.25) is 4.79 Å². The average Bonchev–Trinajstić information content (AvgIpc) is 2.82. The molecule has 0 atom stereocenters. The van der Waals surface area contributed by atoms with Crippen LogP contribution in [0.5, 0.6) is 17.2 Å². The van der Waals surface area contributed by atoms with E-state index in [1.54, 1.807) is 31.4 Å². The Labute approximate surface area is 196 Å². The number of benzene rings is 2. The number of primary amides is 1. The summed E-state index contributed by atoms with van der Waals surface area (Å²) in [5.41, 5.74) is 4.95. The molecule has 0 aliphatic rings.